The Hall–Kier alpha value is -0.120. The molecule has 2 rings (SSSR count). The third kappa shape index (κ3) is 1.08. The normalized spacial score (nSPS) is 51.5. The first kappa shape index (κ1) is 7.53. The van der Waals surface area contributed by atoms with E-state index in [2.05, 4.69) is 18.7 Å². The number of nitrogens with zero attached hydrogens (tertiary/aromatic N) is 1. The Morgan fingerprint density at radius 3 is 2.00 bits per heavy atom. The van der Waals surface area contributed by atoms with Crippen LogP contribution in [-0.2, 0) is 9.47 Å². The molecule has 0 saturated carbocycles. The molecule has 3 nitrogen and oxygen atoms in total. The van der Waals surface area contributed by atoms with Crippen LogP contribution in [-0.4, -0.2) is 36.1 Å². The summed E-state index contributed by atoms with van der Waals surface area (Å²) in [5.41, 5.74) is 0. The molecule has 11 heavy (non-hydrogen) atoms. The Morgan fingerprint density at radius 2 is 1.64 bits per heavy atom. The summed E-state index contributed by atoms with van der Waals surface area (Å²) in [6.07, 6.45) is 0.625. The minimum absolute atomic E-state index is 0.312. The molecule has 2 atom stereocenters. The van der Waals surface area contributed by atoms with E-state index < -0.39 is 5.91 Å². The van der Waals surface area contributed by atoms with E-state index in [4.69, 9.17) is 9.47 Å². The topological polar surface area (TPSA) is 21.7 Å². The first-order valence-electron chi connectivity index (χ1n) is 4.21. The van der Waals surface area contributed by atoms with Crippen molar-refractivity contribution in [1.82, 2.24) is 4.90 Å². The van der Waals surface area contributed by atoms with Crippen LogP contribution in [0.1, 0.15) is 20.8 Å². The number of hydrogen-bond acceptors (Lipinski definition) is 3. The van der Waals surface area contributed by atoms with Gasteiger partial charge in [-0.3, -0.25) is 0 Å². The van der Waals surface area contributed by atoms with Crippen LogP contribution in [0, 0.1) is 0 Å². The SMILES string of the molecule is CC1CN2CC(C)OC2(C)O1. The summed E-state index contributed by atoms with van der Waals surface area (Å²) in [5, 5.41) is 0. The molecule has 2 aliphatic heterocycles. The Balaban J connectivity index is 2.13. The van der Waals surface area contributed by atoms with Gasteiger partial charge in [-0.15, -0.1) is 0 Å². The molecular formula is C8H15NO2. The third-order valence-corrected chi connectivity index (χ3v) is 2.37. The average molecular weight is 157 g/mol. The number of ether oxygens (including phenoxy) is 2. The molecule has 0 aliphatic carbocycles. The van der Waals surface area contributed by atoms with Crippen LogP contribution in [0.15, 0.2) is 0 Å². The zero-order valence-corrected chi connectivity index (χ0v) is 7.33. The fraction of sp³-hybridized carbons (Fsp3) is 1.00. The number of hydrogen-bond donors (Lipinski definition) is 0. The van der Waals surface area contributed by atoms with Gasteiger partial charge in [0.25, 0.3) is 0 Å². The maximum atomic E-state index is 5.65. The lowest BCUT2D eigenvalue weighted by molar-refractivity contribution is -0.240. The van der Waals surface area contributed by atoms with Crippen LogP contribution in [0.3, 0.4) is 0 Å². The molecule has 0 spiro atoms. The molecule has 2 aliphatic rings. The zero-order chi connectivity index (χ0) is 8.06. The summed E-state index contributed by atoms with van der Waals surface area (Å²) in [5.74, 6) is -0.418. The Bertz CT molecular complexity index is 157. The van der Waals surface area contributed by atoms with Crippen LogP contribution in [0.4, 0.5) is 0 Å². The fourth-order valence-electron chi connectivity index (χ4n) is 2.02. The quantitative estimate of drug-likeness (QED) is 0.519. The summed E-state index contributed by atoms with van der Waals surface area (Å²) in [4.78, 5) is 2.25. The van der Waals surface area contributed by atoms with Crippen LogP contribution in [0.5, 0.6) is 0 Å². The highest BCUT2D eigenvalue weighted by Crippen LogP contribution is 2.34. The second-order valence-corrected chi connectivity index (χ2v) is 3.66. The van der Waals surface area contributed by atoms with E-state index in [-0.39, 0.29) is 0 Å². The lowest BCUT2D eigenvalue weighted by atomic mass is 10.3. The van der Waals surface area contributed by atoms with Crippen molar-refractivity contribution in [2.24, 2.45) is 0 Å². The molecule has 0 aromatic heterocycles. The lowest BCUT2D eigenvalue weighted by Crippen LogP contribution is -2.37. The van der Waals surface area contributed by atoms with Crippen molar-refractivity contribution in [3.05, 3.63) is 0 Å². The molecule has 0 aromatic rings. The summed E-state index contributed by atoms with van der Waals surface area (Å²) in [6.45, 7) is 8.16. The fourth-order valence-corrected chi connectivity index (χ4v) is 2.02. The molecule has 2 heterocycles. The molecule has 2 unspecified atom stereocenters. The van der Waals surface area contributed by atoms with E-state index in [1.807, 2.05) is 6.92 Å². The molecule has 0 aromatic carbocycles. The van der Waals surface area contributed by atoms with Crippen LogP contribution >= 0.6 is 0 Å². The first-order valence-corrected chi connectivity index (χ1v) is 4.21. The van der Waals surface area contributed by atoms with Crippen molar-refractivity contribution in [1.29, 1.82) is 0 Å². The van der Waals surface area contributed by atoms with Crippen molar-refractivity contribution in [3.8, 4) is 0 Å². The second kappa shape index (κ2) is 2.19. The van der Waals surface area contributed by atoms with Gasteiger partial charge in [0.15, 0.2) is 0 Å². The largest absolute Gasteiger partial charge is 0.333 e. The van der Waals surface area contributed by atoms with Crippen LogP contribution in [0.2, 0.25) is 0 Å². The molecule has 0 bridgehead atoms. The standard InChI is InChI=1S/C8H15NO2/c1-6-4-9-5-7(2)11-8(9,3)10-6/h6-7H,4-5H2,1-3H3. The van der Waals surface area contributed by atoms with Gasteiger partial charge in [0, 0.05) is 20.0 Å². The summed E-state index contributed by atoms with van der Waals surface area (Å²) in [7, 11) is 0. The summed E-state index contributed by atoms with van der Waals surface area (Å²) in [6, 6.07) is 0. The van der Waals surface area contributed by atoms with Crippen molar-refractivity contribution < 1.29 is 9.47 Å². The van der Waals surface area contributed by atoms with Crippen LogP contribution in [0.25, 0.3) is 0 Å². The molecule has 2 saturated heterocycles. The van der Waals surface area contributed by atoms with E-state index >= 15 is 0 Å². The number of fused-ring (bicyclic) bond motifs is 1. The smallest absolute Gasteiger partial charge is 0.227 e. The monoisotopic (exact) mass is 157 g/mol. The third-order valence-electron chi connectivity index (χ3n) is 2.37. The molecule has 2 fully saturated rings. The van der Waals surface area contributed by atoms with Gasteiger partial charge in [0.2, 0.25) is 5.91 Å². The van der Waals surface area contributed by atoms with Crippen molar-refractivity contribution in [3.63, 3.8) is 0 Å². The highest BCUT2D eigenvalue weighted by atomic mass is 16.7. The Kier molecular flexibility index (Phi) is 1.50. The van der Waals surface area contributed by atoms with Gasteiger partial charge < -0.3 is 9.47 Å². The summed E-state index contributed by atoms with van der Waals surface area (Å²) < 4.78 is 11.3. The maximum Gasteiger partial charge on any atom is 0.227 e. The predicted octanol–water partition coefficient (Wildman–Crippen LogP) is 0.800. The highest BCUT2D eigenvalue weighted by Gasteiger charge is 2.48. The van der Waals surface area contributed by atoms with Gasteiger partial charge in [-0.05, 0) is 13.8 Å². The van der Waals surface area contributed by atoms with Gasteiger partial charge >= 0.3 is 0 Å². The molecule has 3 heteroatoms. The second-order valence-electron chi connectivity index (χ2n) is 3.66. The molecule has 0 N–H and O–H groups in total. The molecular weight excluding hydrogens is 142 g/mol. The first-order chi connectivity index (χ1) is 5.10. The minimum Gasteiger partial charge on any atom is -0.333 e. The van der Waals surface area contributed by atoms with E-state index in [1.165, 1.54) is 0 Å². The van der Waals surface area contributed by atoms with Gasteiger partial charge in [0.05, 0.1) is 12.2 Å². The van der Waals surface area contributed by atoms with Crippen LogP contribution < -0.4 is 0 Å². The summed E-state index contributed by atoms with van der Waals surface area (Å²) >= 11 is 0. The minimum atomic E-state index is -0.418. The average Bonchev–Trinajstić information content (AvgIpc) is 2.16. The Morgan fingerprint density at radius 1 is 1.18 bits per heavy atom. The van der Waals surface area contributed by atoms with Crippen molar-refractivity contribution in [2.75, 3.05) is 13.1 Å². The van der Waals surface area contributed by atoms with Gasteiger partial charge in [0.1, 0.15) is 0 Å². The van der Waals surface area contributed by atoms with Crippen molar-refractivity contribution >= 4 is 0 Å². The van der Waals surface area contributed by atoms with E-state index in [0.29, 0.717) is 12.2 Å². The molecule has 64 valence electrons. The van der Waals surface area contributed by atoms with Gasteiger partial charge in [-0.1, -0.05) is 0 Å². The zero-order valence-electron chi connectivity index (χ0n) is 7.33. The van der Waals surface area contributed by atoms with Gasteiger partial charge in [-0.25, -0.2) is 4.90 Å². The van der Waals surface area contributed by atoms with Gasteiger partial charge in [-0.2, -0.15) is 0 Å². The molecule has 0 radical (unpaired) electrons. The molecule has 0 amide bonds. The lowest BCUT2D eigenvalue weighted by Gasteiger charge is -2.23. The van der Waals surface area contributed by atoms with E-state index in [0.717, 1.165) is 13.1 Å². The number of rotatable bonds is 0. The predicted molar refractivity (Wildman–Crippen MR) is 41.1 cm³/mol. The van der Waals surface area contributed by atoms with E-state index in [1.54, 1.807) is 0 Å². The van der Waals surface area contributed by atoms with E-state index in [9.17, 15) is 0 Å². The Labute approximate surface area is 67.3 Å². The van der Waals surface area contributed by atoms with Crippen molar-refractivity contribution in [2.45, 2.75) is 38.9 Å². The maximum absolute atomic E-state index is 5.65. The highest BCUT2D eigenvalue weighted by molar-refractivity contribution is 4.86.